The highest BCUT2D eigenvalue weighted by Crippen LogP contribution is 2.26. The third-order valence-corrected chi connectivity index (χ3v) is 6.46. The number of aromatic nitrogens is 4. The third kappa shape index (κ3) is 5.07. The summed E-state index contributed by atoms with van der Waals surface area (Å²) in [6.45, 7) is 2.06. The average molecular weight is 480 g/mol. The van der Waals surface area contributed by atoms with Gasteiger partial charge in [-0.2, -0.15) is 0 Å². The molecule has 34 heavy (non-hydrogen) atoms. The van der Waals surface area contributed by atoms with Crippen molar-refractivity contribution in [3.05, 3.63) is 82.7 Å². The monoisotopic (exact) mass is 479 g/mol. The van der Waals surface area contributed by atoms with E-state index >= 15 is 0 Å². The second kappa shape index (κ2) is 10.4. The third-order valence-electron chi connectivity index (χ3n) is 5.10. The molecule has 8 nitrogen and oxygen atoms in total. The molecule has 1 amide bonds. The molecule has 174 valence electrons. The fourth-order valence-electron chi connectivity index (χ4n) is 3.30. The number of thioether (sulfide) groups is 1. The van der Waals surface area contributed by atoms with Crippen molar-refractivity contribution < 1.29 is 13.9 Å². The SMILES string of the molecule is CCC(Sc1nc2nccnc2c(=O)n1Cc1ccc(OC)cc1)C(=O)Nc1ccccc1F. The molecular weight excluding hydrogens is 457 g/mol. The van der Waals surface area contributed by atoms with Crippen LogP contribution in [0, 0.1) is 5.82 Å². The number of nitrogens with zero attached hydrogens (tertiary/aromatic N) is 4. The number of carbonyl (C=O) groups is 1. The maximum absolute atomic E-state index is 14.0. The molecule has 10 heteroatoms. The molecule has 2 aromatic carbocycles. The van der Waals surface area contributed by atoms with Crippen LogP contribution in [0.3, 0.4) is 0 Å². The Morgan fingerprint density at radius 2 is 1.88 bits per heavy atom. The number of methoxy groups -OCH3 is 1. The van der Waals surface area contributed by atoms with E-state index in [1.807, 2.05) is 19.1 Å². The number of rotatable bonds is 8. The van der Waals surface area contributed by atoms with Crippen molar-refractivity contribution in [3.63, 3.8) is 0 Å². The molecule has 0 aliphatic carbocycles. The zero-order valence-electron chi connectivity index (χ0n) is 18.6. The summed E-state index contributed by atoms with van der Waals surface area (Å²) < 4.78 is 20.7. The number of ether oxygens (including phenoxy) is 1. The number of halogens is 1. The van der Waals surface area contributed by atoms with Crippen molar-refractivity contribution in [2.75, 3.05) is 12.4 Å². The lowest BCUT2D eigenvalue weighted by Gasteiger charge is -2.18. The first kappa shape index (κ1) is 23.4. The molecule has 4 aromatic rings. The second-order valence-corrected chi connectivity index (χ2v) is 8.52. The Bertz CT molecular complexity index is 1380. The van der Waals surface area contributed by atoms with E-state index in [-0.39, 0.29) is 34.9 Å². The van der Waals surface area contributed by atoms with Gasteiger partial charge in [0.2, 0.25) is 5.91 Å². The van der Waals surface area contributed by atoms with Gasteiger partial charge in [0.25, 0.3) is 5.56 Å². The summed E-state index contributed by atoms with van der Waals surface area (Å²) >= 11 is 1.13. The zero-order valence-corrected chi connectivity index (χ0v) is 19.4. The van der Waals surface area contributed by atoms with Crippen molar-refractivity contribution >= 4 is 34.5 Å². The number of carbonyl (C=O) groups excluding carboxylic acids is 1. The molecule has 1 unspecified atom stereocenters. The second-order valence-electron chi connectivity index (χ2n) is 7.35. The molecule has 0 aliphatic rings. The summed E-state index contributed by atoms with van der Waals surface area (Å²) in [5.74, 6) is -0.211. The molecule has 2 heterocycles. The van der Waals surface area contributed by atoms with E-state index in [1.165, 1.54) is 29.1 Å². The molecule has 0 bridgehead atoms. The highest BCUT2D eigenvalue weighted by Gasteiger charge is 2.23. The molecule has 0 aliphatic heterocycles. The molecular formula is C24H22FN5O3S. The maximum Gasteiger partial charge on any atom is 0.282 e. The van der Waals surface area contributed by atoms with Gasteiger partial charge >= 0.3 is 0 Å². The minimum absolute atomic E-state index is 0.0968. The molecule has 1 atom stereocenters. The van der Waals surface area contributed by atoms with Crippen LogP contribution in [0.4, 0.5) is 10.1 Å². The molecule has 2 aromatic heterocycles. The standard InChI is InChI=1S/C24H22FN5O3S/c1-3-19(22(31)28-18-7-5-4-6-17(18)25)34-24-29-21-20(26-12-13-27-21)23(32)30(24)14-15-8-10-16(33-2)11-9-15/h4-13,19H,3,14H2,1-2H3,(H,28,31). The van der Waals surface area contributed by atoms with Crippen LogP contribution in [0.5, 0.6) is 5.75 Å². The van der Waals surface area contributed by atoms with E-state index in [4.69, 9.17) is 4.74 Å². The smallest absolute Gasteiger partial charge is 0.282 e. The summed E-state index contributed by atoms with van der Waals surface area (Å²) in [5, 5.41) is 2.32. The van der Waals surface area contributed by atoms with Crippen LogP contribution in [0.1, 0.15) is 18.9 Å². The molecule has 1 N–H and O–H groups in total. The summed E-state index contributed by atoms with van der Waals surface area (Å²) in [5.41, 5.74) is 0.925. The Labute approximate surface area is 199 Å². The van der Waals surface area contributed by atoms with E-state index in [1.54, 1.807) is 31.4 Å². The van der Waals surface area contributed by atoms with Crippen molar-refractivity contribution in [1.82, 2.24) is 19.5 Å². The predicted octanol–water partition coefficient (Wildman–Crippen LogP) is 3.89. The maximum atomic E-state index is 14.0. The summed E-state index contributed by atoms with van der Waals surface area (Å²) in [7, 11) is 1.58. The topological polar surface area (TPSA) is 99.0 Å². The van der Waals surface area contributed by atoms with Crippen molar-refractivity contribution in [2.45, 2.75) is 30.3 Å². The van der Waals surface area contributed by atoms with Crippen LogP contribution < -0.4 is 15.6 Å². The number of fused-ring (bicyclic) bond motifs is 1. The first-order valence-corrected chi connectivity index (χ1v) is 11.4. The molecule has 0 saturated carbocycles. The summed E-state index contributed by atoms with van der Waals surface area (Å²) in [6, 6.07) is 13.3. The number of nitrogens with one attached hydrogen (secondary N) is 1. The van der Waals surface area contributed by atoms with E-state index < -0.39 is 11.1 Å². The number of anilines is 1. The zero-order chi connectivity index (χ0) is 24.1. The van der Waals surface area contributed by atoms with E-state index in [9.17, 15) is 14.0 Å². The minimum atomic E-state index is -0.622. The largest absolute Gasteiger partial charge is 0.497 e. The molecule has 0 spiro atoms. The number of hydrogen-bond donors (Lipinski definition) is 1. The van der Waals surface area contributed by atoms with E-state index in [0.717, 1.165) is 17.3 Å². The van der Waals surface area contributed by atoms with Crippen LogP contribution >= 0.6 is 11.8 Å². The van der Waals surface area contributed by atoms with Gasteiger partial charge in [0.15, 0.2) is 16.3 Å². The fraction of sp³-hybridized carbons (Fsp3) is 0.208. The van der Waals surface area contributed by atoms with Crippen LogP contribution in [0.25, 0.3) is 11.2 Å². The van der Waals surface area contributed by atoms with Crippen LogP contribution in [0.2, 0.25) is 0 Å². The number of hydrogen-bond acceptors (Lipinski definition) is 7. The van der Waals surface area contributed by atoms with E-state index in [0.29, 0.717) is 17.3 Å². The summed E-state index contributed by atoms with van der Waals surface area (Å²) in [4.78, 5) is 39.1. The first-order valence-electron chi connectivity index (χ1n) is 10.6. The Hall–Kier alpha value is -3.79. The van der Waals surface area contributed by atoms with Gasteiger partial charge in [-0.25, -0.2) is 19.3 Å². The first-order chi connectivity index (χ1) is 16.5. The highest BCUT2D eigenvalue weighted by atomic mass is 32.2. The Morgan fingerprint density at radius 3 is 2.59 bits per heavy atom. The quantitative estimate of drug-likeness (QED) is 0.302. The lowest BCUT2D eigenvalue weighted by Crippen LogP contribution is -2.29. The Balaban J connectivity index is 1.69. The number of para-hydroxylation sites is 1. The van der Waals surface area contributed by atoms with Crippen molar-refractivity contribution in [2.24, 2.45) is 0 Å². The molecule has 4 rings (SSSR count). The van der Waals surface area contributed by atoms with Gasteiger partial charge in [0, 0.05) is 12.4 Å². The van der Waals surface area contributed by atoms with Gasteiger partial charge < -0.3 is 10.1 Å². The van der Waals surface area contributed by atoms with Crippen molar-refractivity contribution in [3.8, 4) is 5.75 Å². The summed E-state index contributed by atoms with van der Waals surface area (Å²) in [6.07, 6.45) is 3.33. The predicted molar refractivity (Wildman–Crippen MR) is 129 cm³/mol. The molecule has 0 fully saturated rings. The lowest BCUT2D eigenvalue weighted by molar-refractivity contribution is -0.115. The Morgan fingerprint density at radius 1 is 1.15 bits per heavy atom. The van der Waals surface area contributed by atoms with Gasteiger partial charge in [-0.05, 0) is 36.2 Å². The molecule has 0 saturated heterocycles. The highest BCUT2D eigenvalue weighted by molar-refractivity contribution is 8.00. The number of benzene rings is 2. The van der Waals surface area contributed by atoms with Gasteiger partial charge in [-0.3, -0.25) is 14.2 Å². The lowest BCUT2D eigenvalue weighted by atomic mass is 10.2. The Kier molecular flexibility index (Phi) is 7.17. The van der Waals surface area contributed by atoms with Crippen LogP contribution in [-0.4, -0.2) is 37.8 Å². The van der Waals surface area contributed by atoms with Gasteiger partial charge in [0.1, 0.15) is 11.6 Å². The normalized spacial score (nSPS) is 11.9. The van der Waals surface area contributed by atoms with E-state index in [2.05, 4.69) is 20.3 Å². The van der Waals surface area contributed by atoms with Crippen molar-refractivity contribution in [1.29, 1.82) is 0 Å². The fourth-order valence-corrected chi connectivity index (χ4v) is 4.30. The van der Waals surface area contributed by atoms with Crippen LogP contribution in [-0.2, 0) is 11.3 Å². The van der Waals surface area contributed by atoms with Gasteiger partial charge in [-0.15, -0.1) is 0 Å². The average Bonchev–Trinajstić information content (AvgIpc) is 2.86. The minimum Gasteiger partial charge on any atom is -0.497 e. The molecule has 0 radical (unpaired) electrons. The number of amides is 1. The van der Waals surface area contributed by atoms with Gasteiger partial charge in [-0.1, -0.05) is 43.0 Å². The van der Waals surface area contributed by atoms with Gasteiger partial charge in [0.05, 0.1) is 24.6 Å². The van der Waals surface area contributed by atoms with Crippen LogP contribution in [0.15, 0.2) is 70.9 Å².